The summed E-state index contributed by atoms with van der Waals surface area (Å²) >= 11 is 0. The van der Waals surface area contributed by atoms with Crippen molar-refractivity contribution in [2.45, 2.75) is 18.8 Å². The number of hydrogen-bond donors (Lipinski definition) is 2. The lowest BCUT2D eigenvalue weighted by Crippen LogP contribution is -2.27. The molecular weight excluding hydrogens is 226 g/mol. The molecule has 1 aliphatic rings. The highest BCUT2D eigenvalue weighted by atomic mass is 35.5. The van der Waals surface area contributed by atoms with Crippen LogP contribution in [-0.2, 0) is 0 Å². The van der Waals surface area contributed by atoms with E-state index in [1.807, 2.05) is 12.1 Å². The van der Waals surface area contributed by atoms with E-state index in [0.29, 0.717) is 11.5 Å². The summed E-state index contributed by atoms with van der Waals surface area (Å²) in [5.74, 6) is -0.414. The van der Waals surface area contributed by atoms with Gasteiger partial charge in [-0.1, -0.05) is 18.2 Å². The minimum Gasteiger partial charge on any atom is -0.478 e. The molecular formula is C12H16ClNO2. The topological polar surface area (TPSA) is 49.3 Å². The number of benzene rings is 1. The van der Waals surface area contributed by atoms with E-state index in [1.165, 1.54) is 0 Å². The highest BCUT2D eigenvalue weighted by Gasteiger charge is 2.20. The van der Waals surface area contributed by atoms with Gasteiger partial charge in [0.25, 0.3) is 0 Å². The third-order valence-electron chi connectivity index (χ3n) is 2.97. The van der Waals surface area contributed by atoms with Crippen LogP contribution in [0.2, 0.25) is 0 Å². The molecule has 0 atom stereocenters. The Kier molecular flexibility index (Phi) is 4.77. The summed E-state index contributed by atoms with van der Waals surface area (Å²) in [5.41, 5.74) is 1.45. The Balaban J connectivity index is 0.00000128. The molecule has 1 aromatic carbocycles. The zero-order chi connectivity index (χ0) is 10.7. The van der Waals surface area contributed by atoms with E-state index in [0.717, 1.165) is 31.5 Å². The maximum Gasteiger partial charge on any atom is 0.335 e. The number of carboxylic acid groups (broad SMARTS) is 1. The monoisotopic (exact) mass is 241 g/mol. The lowest BCUT2D eigenvalue weighted by atomic mass is 9.87. The molecule has 0 spiro atoms. The summed E-state index contributed by atoms with van der Waals surface area (Å²) in [4.78, 5) is 11.0. The Labute approximate surface area is 101 Å². The van der Waals surface area contributed by atoms with Gasteiger partial charge < -0.3 is 10.4 Å². The van der Waals surface area contributed by atoms with Crippen molar-refractivity contribution in [2.75, 3.05) is 13.1 Å². The Bertz CT molecular complexity index is 362. The fraction of sp³-hybridized carbons (Fsp3) is 0.417. The molecule has 0 radical (unpaired) electrons. The number of aromatic carboxylic acids is 1. The predicted molar refractivity (Wildman–Crippen MR) is 65.5 cm³/mol. The van der Waals surface area contributed by atoms with Crippen molar-refractivity contribution in [2.24, 2.45) is 0 Å². The molecule has 1 aliphatic heterocycles. The molecule has 0 unspecified atom stereocenters. The summed E-state index contributed by atoms with van der Waals surface area (Å²) in [6.07, 6.45) is 2.06. The molecule has 2 N–H and O–H groups in total. The Hall–Kier alpha value is -1.06. The van der Waals surface area contributed by atoms with Gasteiger partial charge in [0.05, 0.1) is 5.56 Å². The summed E-state index contributed by atoms with van der Waals surface area (Å²) in [5, 5.41) is 12.4. The minimum absolute atomic E-state index is 0. The molecule has 1 saturated heterocycles. The number of halogens is 1. The van der Waals surface area contributed by atoms with Crippen molar-refractivity contribution in [1.82, 2.24) is 5.32 Å². The second-order valence-electron chi connectivity index (χ2n) is 3.92. The molecule has 1 fully saturated rings. The van der Waals surface area contributed by atoms with E-state index >= 15 is 0 Å². The van der Waals surface area contributed by atoms with Crippen molar-refractivity contribution in [3.63, 3.8) is 0 Å². The van der Waals surface area contributed by atoms with E-state index < -0.39 is 5.97 Å². The first-order valence-corrected chi connectivity index (χ1v) is 5.32. The van der Waals surface area contributed by atoms with Crippen LogP contribution in [0.4, 0.5) is 0 Å². The first-order chi connectivity index (χ1) is 7.29. The van der Waals surface area contributed by atoms with Gasteiger partial charge in [-0.25, -0.2) is 4.79 Å². The number of nitrogens with one attached hydrogen (secondary N) is 1. The highest BCUT2D eigenvalue weighted by Crippen LogP contribution is 2.27. The van der Waals surface area contributed by atoms with Gasteiger partial charge >= 0.3 is 5.97 Å². The van der Waals surface area contributed by atoms with Gasteiger partial charge in [-0.05, 0) is 43.5 Å². The number of piperidine rings is 1. The average Bonchev–Trinajstić information content (AvgIpc) is 2.30. The van der Waals surface area contributed by atoms with E-state index in [1.54, 1.807) is 12.1 Å². The summed E-state index contributed by atoms with van der Waals surface area (Å²) in [6, 6.07) is 7.34. The van der Waals surface area contributed by atoms with Crippen LogP contribution in [0.3, 0.4) is 0 Å². The van der Waals surface area contributed by atoms with Crippen LogP contribution in [-0.4, -0.2) is 24.2 Å². The van der Waals surface area contributed by atoms with Crippen molar-refractivity contribution < 1.29 is 9.90 Å². The van der Waals surface area contributed by atoms with Crippen LogP contribution in [0.25, 0.3) is 0 Å². The molecule has 4 heteroatoms. The SMILES string of the molecule is Cl.O=C(O)c1ccccc1C1CCNCC1. The quantitative estimate of drug-likeness (QED) is 0.835. The number of rotatable bonds is 2. The first-order valence-electron chi connectivity index (χ1n) is 5.32. The smallest absolute Gasteiger partial charge is 0.335 e. The predicted octanol–water partition coefficient (Wildman–Crippen LogP) is 2.27. The van der Waals surface area contributed by atoms with E-state index in [-0.39, 0.29) is 12.4 Å². The molecule has 3 nitrogen and oxygen atoms in total. The third kappa shape index (κ3) is 2.74. The molecule has 88 valence electrons. The van der Waals surface area contributed by atoms with Crippen LogP contribution in [0, 0.1) is 0 Å². The van der Waals surface area contributed by atoms with Crippen LogP contribution in [0.15, 0.2) is 24.3 Å². The highest BCUT2D eigenvalue weighted by molar-refractivity contribution is 5.89. The molecule has 0 aliphatic carbocycles. The summed E-state index contributed by atoms with van der Waals surface area (Å²) in [7, 11) is 0. The third-order valence-corrected chi connectivity index (χ3v) is 2.97. The van der Waals surface area contributed by atoms with Crippen LogP contribution in [0.5, 0.6) is 0 Å². The number of carbonyl (C=O) groups is 1. The summed E-state index contributed by atoms with van der Waals surface area (Å²) < 4.78 is 0. The average molecular weight is 242 g/mol. The normalized spacial score (nSPS) is 16.5. The zero-order valence-electron chi connectivity index (χ0n) is 8.98. The van der Waals surface area contributed by atoms with Crippen molar-refractivity contribution in [3.8, 4) is 0 Å². The molecule has 2 rings (SSSR count). The van der Waals surface area contributed by atoms with Crippen LogP contribution < -0.4 is 5.32 Å². The molecule has 0 saturated carbocycles. The second-order valence-corrected chi connectivity index (χ2v) is 3.92. The molecule has 1 heterocycles. The van der Waals surface area contributed by atoms with Gasteiger partial charge in [-0.2, -0.15) is 0 Å². The van der Waals surface area contributed by atoms with E-state index in [9.17, 15) is 4.79 Å². The van der Waals surface area contributed by atoms with Crippen molar-refractivity contribution in [1.29, 1.82) is 0 Å². The van der Waals surface area contributed by atoms with Gasteiger partial charge in [0, 0.05) is 0 Å². The Morgan fingerprint density at radius 3 is 2.50 bits per heavy atom. The lowest BCUT2D eigenvalue weighted by molar-refractivity contribution is 0.0695. The van der Waals surface area contributed by atoms with E-state index in [2.05, 4.69) is 5.32 Å². The molecule has 1 aromatic rings. The van der Waals surface area contributed by atoms with Gasteiger partial charge in [0.1, 0.15) is 0 Å². The fourth-order valence-electron chi connectivity index (χ4n) is 2.18. The van der Waals surface area contributed by atoms with Gasteiger partial charge in [-0.3, -0.25) is 0 Å². The second kappa shape index (κ2) is 5.87. The van der Waals surface area contributed by atoms with Crippen LogP contribution >= 0.6 is 12.4 Å². The van der Waals surface area contributed by atoms with Crippen molar-refractivity contribution in [3.05, 3.63) is 35.4 Å². The maximum absolute atomic E-state index is 11.0. The van der Waals surface area contributed by atoms with Crippen molar-refractivity contribution >= 4 is 18.4 Å². The molecule has 16 heavy (non-hydrogen) atoms. The van der Waals surface area contributed by atoms with Crippen LogP contribution in [0.1, 0.15) is 34.7 Å². The molecule has 0 bridgehead atoms. The van der Waals surface area contributed by atoms with Gasteiger partial charge in [0.15, 0.2) is 0 Å². The van der Waals surface area contributed by atoms with Gasteiger partial charge in [-0.15, -0.1) is 12.4 Å². The number of hydrogen-bond acceptors (Lipinski definition) is 2. The number of carboxylic acids is 1. The van der Waals surface area contributed by atoms with Gasteiger partial charge in [0.2, 0.25) is 0 Å². The standard InChI is InChI=1S/C12H15NO2.ClH/c14-12(15)11-4-2-1-3-10(11)9-5-7-13-8-6-9;/h1-4,9,13H,5-8H2,(H,14,15);1H. The fourth-order valence-corrected chi connectivity index (χ4v) is 2.18. The minimum atomic E-state index is -0.816. The molecule has 0 aromatic heterocycles. The largest absolute Gasteiger partial charge is 0.478 e. The Morgan fingerprint density at radius 2 is 1.88 bits per heavy atom. The lowest BCUT2D eigenvalue weighted by Gasteiger charge is -2.24. The zero-order valence-corrected chi connectivity index (χ0v) is 9.80. The Morgan fingerprint density at radius 1 is 1.25 bits per heavy atom. The maximum atomic E-state index is 11.0. The molecule has 0 amide bonds. The van der Waals surface area contributed by atoms with E-state index in [4.69, 9.17) is 5.11 Å². The summed E-state index contributed by atoms with van der Waals surface area (Å²) in [6.45, 7) is 1.97. The first kappa shape index (κ1) is 13.0.